The van der Waals surface area contributed by atoms with Crippen molar-refractivity contribution in [2.45, 2.75) is 64.6 Å². The highest BCUT2D eigenvalue weighted by Crippen LogP contribution is 2.27. The maximum absolute atomic E-state index is 14.5. The minimum Gasteiger partial charge on any atom is -0.444 e. The molecule has 2 atom stereocenters. The topological polar surface area (TPSA) is 87.7 Å². The first-order valence-electron chi connectivity index (χ1n) is 14.8. The van der Waals surface area contributed by atoms with Crippen LogP contribution in [0.1, 0.15) is 57.7 Å². The number of carbonyl (C=O) groups is 3. The SMILES string of the molecule is CCCCN(C(=O)C(Cc1ccccc1)NC(=O)OC(C)(C)C)C(C(=O)Nc1ccc2ccccc2c1)c1ccccc1. The van der Waals surface area contributed by atoms with E-state index in [1.54, 1.807) is 25.7 Å². The molecule has 7 heteroatoms. The second kappa shape index (κ2) is 14.5. The van der Waals surface area contributed by atoms with Crippen molar-refractivity contribution in [1.29, 1.82) is 0 Å². The molecule has 3 amide bonds. The number of carbonyl (C=O) groups excluding carboxylic acids is 3. The lowest BCUT2D eigenvalue weighted by Crippen LogP contribution is -2.53. The Morgan fingerprint density at radius 2 is 1.44 bits per heavy atom. The van der Waals surface area contributed by atoms with Gasteiger partial charge >= 0.3 is 6.09 Å². The standard InChI is InChI=1S/C36H41N3O4/c1-5-6-23-39(34(41)31(24-26-15-9-7-10-16-26)38-35(42)43-36(2,3)4)32(28-18-11-8-12-19-28)33(40)37-30-22-21-27-17-13-14-20-29(27)25-30/h7-22,25,31-32H,5-6,23-24H2,1-4H3,(H,37,40)(H,38,42). The zero-order chi connectivity index (χ0) is 30.8. The van der Waals surface area contributed by atoms with Gasteiger partial charge in [-0.3, -0.25) is 9.59 Å². The van der Waals surface area contributed by atoms with Gasteiger partial charge in [0.15, 0.2) is 0 Å². The zero-order valence-corrected chi connectivity index (χ0v) is 25.4. The summed E-state index contributed by atoms with van der Waals surface area (Å²) in [5.41, 5.74) is 1.46. The van der Waals surface area contributed by atoms with Crippen LogP contribution in [0.25, 0.3) is 10.8 Å². The molecule has 0 spiro atoms. The molecule has 4 aromatic carbocycles. The smallest absolute Gasteiger partial charge is 0.408 e. The summed E-state index contributed by atoms with van der Waals surface area (Å²) in [6.07, 6.45) is 1.06. The van der Waals surface area contributed by atoms with E-state index in [1.807, 2.05) is 110 Å². The van der Waals surface area contributed by atoms with Crippen LogP contribution in [0.15, 0.2) is 103 Å². The molecule has 0 bridgehead atoms. The predicted octanol–water partition coefficient (Wildman–Crippen LogP) is 7.28. The molecule has 7 nitrogen and oxygen atoms in total. The number of ether oxygens (including phenoxy) is 1. The average molecular weight is 580 g/mol. The van der Waals surface area contributed by atoms with Gasteiger partial charge in [-0.15, -0.1) is 0 Å². The Labute approximate surface area is 254 Å². The van der Waals surface area contributed by atoms with Gasteiger partial charge < -0.3 is 20.3 Å². The van der Waals surface area contributed by atoms with Crippen LogP contribution in [0, 0.1) is 0 Å². The summed E-state index contributed by atoms with van der Waals surface area (Å²) in [6, 6.07) is 30.6. The van der Waals surface area contributed by atoms with Crippen molar-refractivity contribution in [3.63, 3.8) is 0 Å². The summed E-state index contributed by atoms with van der Waals surface area (Å²) in [5.74, 6) is -0.688. The Balaban J connectivity index is 1.71. The Morgan fingerprint density at radius 1 is 0.814 bits per heavy atom. The van der Waals surface area contributed by atoms with Crippen molar-refractivity contribution in [3.05, 3.63) is 114 Å². The van der Waals surface area contributed by atoms with Crippen LogP contribution in [0.5, 0.6) is 0 Å². The first kappa shape index (κ1) is 31.3. The van der Waals surface area contributed by atoms with E-state index in [9.17, 15) is 14.4 Å². The molecule has 2 N–H and O–H groups in total. The molecule has 0 fully saturated rings. The quantitative estimate of drug-likeness (QED) is 0.195. The van der Waals surface area contributed by atoms with E-state index >= 15 is 0 Å². The third-order valence-electron chi connectivity index (χ3n) is 7.00. The third-order valence-corrected chi connectivity index (χ3v) is 7.00. The molecule has 4 aromatic rings. The zero-order valence-electron chi connectivity index (χ0n) is 25.4. The lowest BCUT2D eigenvalue weighted by molar-refractivity contribution is -0.140. The van der Waals surface area contributed by atoms with Crippen LogP contribution in [-0.4, -0.2) is 41.0 Å². The molecular weight excluding hydrogens is 538 g/mol. The van der Waals surface area contributed by atoms with Gasteiger partial charge in [-0.2, -0.15) is 0 Å². The van der Waals surface area contributed by atoms with Crippen molar-refractivity contribution < 1.29 is 19.1 Å². The number of fused-ring (bicyclic) bond motifs is 1. The fourth-order valence-electron chi connectivity index (χ4n) is 4.98. The van der Waals surface area contributed by atoms with Gasteiger partial charge in [0.25, 0.3) is 5.91 Å². The maximum atomic E-state index is 14.5. The Hall–Kier alpha value is -4.65. The molecule has 0 aromatic heterocycles. The monoisotopic (exact) mass is 579 g/mol. The van der Waals surface area contributed by atoms with Gasteiger partial charge in [0.05, 0.1) is 0 Å². The number of amides is 3. The van der Waals surface area contributed by atoms with Crippen molar-refractivity contribution in [3.8, 4) is 0 Å². The van der Waals surface area contributed by atoms with Crippen LogP contribution < -0.4 is 10.6 Å². The number of benzene rings is 4. The van der Waals surface area contributed by atoms with E-state index < -0.39 is 23.8 Å². The predicted molar refractivity (Wildman–Crippen MR) is 172 cm³/mol. The maximum Gasteiger partial charge on any atom is 0.408 e. The van der Waals surface area contributed by atoms with Crippen molar-refractivity contribution in [2.24, 2.45) is 0 Å². The number of anilines is 1. The van der Waals surface area contributed by atoms with E-state index in [0.717, 1.165) is 22.8 Å². The van der Waals surface area contributed by atoms with E-state index in [0.29, 0.717) is 24.2 Å². The molecule has 2 unspecified atom stereocenters. The molecule has 4 rings (SSSR count). The van der Waals surface area contributed by atoms with Crippen LogP contribution in [0.3, 0.4) is 0 Å². The summed E-state index contributed by atoms with van der Waals surface area (Å²) < 4.78 is 5.52. The van der Waals surface area contributed by atoms with Crippen LogP contribution in [-0.2, 0) is 20.7 Å². The van der Waals surface area contributed by atoms with Gasteiger partial charge in [-0.25, -0.2) is 4.79 Å². The minimum absolute atomic E-state index is 0.245. The molecule has 0 aliphatic rings. The first-order chi connectivity index (χ1) is 20.6. The summed E-state index contributed by atoms with van der Waals surface area (Å²) >= 11 is 0. The molecule has 0 aliphatic heterocycles. The lowest BCUT2D eigenvalue weighted by atomic mass is 9.99. The molecule has 0 saturated heterocycles. The Kier molecular flexibility index (Phi) is 10.5. The van der Waals surface area contributed by atoms with Crippen LogP contribution in [0.2, 0.25) is 0 Å². The highest BCUT2D eigenvalue weighted by Gasteiger charge is 2.36. The van der Waals surface area contributed by atoms with Crippen molar-refractivity contribution >= 4 is 34.4 Å². The minimum atomic E-state index is -0.950. The normalized spacial score (nSPS) is 12.7. The number of nitrogens with one attached hydrogen (secondary N) is 2. The van der Waals surface area contributed by atoms with Crippen molar-refractivity contribution in [1.82, 2.24) is 10.2 Å². The van der Waals surface area contributed by atoms with E-state index in [-0.39, 0.29) is 18.2 Å². The molecule has 0 radical (unpaired) electrons. The third kappa shape index (κ3) is 8.92. The van der Waals surface area contributed by atoms with Gasteiger partial charge in [-0.05, 0) is 61.2 Å². The Morgan fingerprint density at radius 3 is 2.09 bits per heavy atom. The molecule has 43 heavy (non-hydrogen) atoms. The first-order valence-corrected chi connectivity index (χ1v) is 14.8. The summed E-state index contributed by atoms with van der Waals surface area (Å²) in [5, 5.41) is 7.94. The summed E-state index contributed by atoms with van der Waals surface area (Å²) in [7, 11) is 0. The number of hydrogen-bond acceptors (Lipinski definition) is 4. The second-order valence-electron chi connectivity index (χ2n) is 11.6. The molecule has 0 heterocycles. The number of hydrogen-bond donors (Lipinski definition) is 2. The van der Waals surface area contributed by atoms with Gasteiger partial charge in [0.1, 0.15) is 17.7 Å². The second-order valence-corrected chi connectivity index (χ2v) is 11.6. The number of rotatable bonds is 11. The van der Waals surface area contributed by atoms with E-state index in [1.165, 1.54) is 0 Å². The van der Waals surface area contributed by atoms with Crippen molar-refractivity contribution in [2.75, 3.05) is 11.9 Å². The van der Waals surface area contributed by atoms with Crippen LogP contribution in [0.4, 0.5) is 10.5 Å². The number of alkyl carbamates (subject to hydrolysis) is 1. The van der Waals surface area contributed by atoms with E-state index in [2.05, 4.69) is 10.6 Å². The number of nitrogens with zero attached hydrogens (tertiary/aromatic N) is 1. The summed E-state index contributed by atoms with van der Waals surface area (Å²) in [6.45, 7) is 7.70. The van der Waals surface area contributed by atoms with Crippen LogP contribution >= 0.6 is 0 Å². The average Bonchev–Trinajstić information content (AvgIpc) is 2.98. The molecule has 0 saturated carbocycles. The molecular formula is C36H41N3O4. The highest BCUT2D eigenvalue weighted by molar-refractivity contribution is 6.00. The number of unbranched alkanes of at least 4 members (excludes halogenated alkanes) is 1. The lowest BCUT2D eigenvalue weighted by Gasteiger charge is -2.34. The molecule has 224 valence electrons. The van der Waals surface area contributed by atoms with E-state index in [4.69, 9.17) is 4.74 Å². The van der Waals surface area contributed by atoms with Gasteiger partial charge in [0.2, 0.25) is 5.91 Å². The molecule has 0 aliphatic carbocycles. The fraction of sp³-hybridized carbons (Fsp3) is 0.306. The van der Waals surface area contributed by atoms with Gasteiger partial charge in [-0.1, -0.05) is 104 Å². The van der Waals surface area contributed by atoms with Gasteiger partial charge in [0, 0.05) is 18.7 Å². The largest absolute Gasteiger partial charge is 0.444 e. The summed E-state index contributed by atoms with van der Waals surface area (Å²) in [4.78, 5) is 43.1. The Bertz CT molecular complexity index is 1520. The fourth-order valence-corrected chi connectivity index (χ4v) is 4.98. The highest BCUT2D eigenvalue weighted by atomic mass is 16.6.